The molecule has 1 saturated heterocycles. The standard InChI is InChI=1S/C6H13NO2.ClH/c1-6(8-2)5-7-3-4-9-6;/h7H,3-5H2,1-2H3;1H. The molecular formula is C6H14ClNO2. The van der Waals surface area contributed by atoms with Crippen LogP contribution in [0.3, 0.4) is 0 Å². The molecule has 0 aromatic rings. The maximum Gasteiger partial charge on any atom is 0.177 e. The molecule has 0 amide bonds. The first-order chi connectivity index (χ1) is 4.27. The van der Waals surface area contributed by atoms with Gasteiger partial charge in [-0.1, -0.05) is 0 Å². The van der Waals surface area contributed by atoms with Gasteiger partial charge in [0.2, 0.25) is 0 Å². The molecule has 1 aliphatic heterocycles. The third-order valence-electron chi connectivity index (χ3n) is 1.56. The van der Waals surface area contributed by atoms with Crippen molar-refractivity contribution in [2.45, 2.75) is 12.7 Å². The Morgan fingerprint density at radius 1 is 1.60 bits per heavy atom. The van der Waals surface area contributed by atoms with Gasteiger partial charge in [-0.05, 0) is 6.92 Å². The molecule has 1 fully saturated rings. The quantitative estimate of drug-likeness (QED) is 0.613. The van der Waals surface area contributed by atoms with Crippen LogP contribution in [0.5, 0.6) is 0 Å². The predicted molar refractivity (Wildman–Crippen MR) is 41.5 cm³/mol. The summed E-state index contributed by atoms with van der Waals surface area (Å²) >= 11 is 0. The average Bonchev–Trinajstić information content (AvgIpc) is 1.90. The second-order valence-electron chi connectivity index (χ2n) is 2.36. The lowest BCUT2D eigenvalue weighted by molar-refractivity contribution is -0.219. The van der Waals surface area contributed by atoms with E-state index in [1.165, 1.54) is 0 Å². The van der Waals surface area contributed by atoms with E-state index < -0.39 is 5.79 Å². The zero-order valence-electron chi connectivity index (χ0n) is 6.35. The summed E-state index contributed by atoms with van der Waals surface area (Å²) in [5.74, 6) is -0.391. The lowest BCUT2D eigenvalue weighted by atomic mass is 10.3. The fourth-order valence-electron chi connectivity index (χ4n) is 0.837. The smallest absolute Gasteiger partial charge is 0.177 e. The number of hydrogen-bond donors (Lipinski definition) is 1. The van der Waals surface area contributed by atoms with E-state index in [4.69, 9.17) is 9.47 Å². The zero-order valence-corrected chi connectivity index (χ0v) is 7.16. The summed E-state index contributed by atoms with van der Waals surface area (Å²) < 4.78 is 10.4. The Morgan fingerprint density at radius 2 is 2.30 bits per heavy atom. The van der Waals surface area contributed by atoms with Crippen molar-refractivity contribution in [3.63, 3.8) is 0 Å². The third kappa shape index (κ3) is 2.42. The summed E-state index contributed by atoms with van der Waals surface area (Å²) in [6.45, 7) is 4.38. The molecule has 1 rings (SSSR count). The van der Waals surface area contributed by atoms with Gasteiger partial charge in [0, 0.05) is 20.2 Å². The van der Waals surface area contributed by atoms with Gasteiger partial charge in [0.05, 0.1) is 6.61 Å². The van der Waals surface area contributed by atoms with E-state index in [1.54, 1.807) is 7.11 Å². The highest BCUT2D eigenvalue weighted by Crippen LogP contribution is 2.11. The molecule has 0 aromatic heterocycles. The summed E-state index contributed by atoms with van der Waals surface area (Å²) in [5.41, 5.74) is 0. The van der Waals surface area contributed by atoms with Crippen LogP contribution in [0.2, 0.25) is 0 Å². The van der Waals surface area contributed by atoms with Gasteiger partial charge in [-0.25, -0.2) is 0 Å². The fourth-order valence-corrected chi connectivity index (χ4v) is 0.837. The van der Waals surface area contributed by atoms with Crippen LogP contribution in [0.1, 0.15) is 6.92 Å². The molecule has 3 nitrogen and oxygen atoms in total. The zero-order chi connectivity index (χ0) is 6.74. The van der Waals surface area contributed by atoms with Crippen LogP contribution in [0.25, 0.3) is 0 Å². The van der Waals surface area contributed by atoms with Gasteiger partial charge in [0.25, 0.3) is 0 Å². The Morgan fingerprint density at radius 3 is 2.60 bits per heavy atom. The normalized spacial score (nSPS) is 33.0. The Kier molecular flexibility index (Phi) is 4.20. The number of ether oxygens (including phenoxy) is 2. The molecule has 1 heterocycles. The molecule has 0 radical (unpaired) electrons. The highest BCUT2D eigenvalue weighted by Gasteiger charge is 2.26. The SMILES string of the molecule is COC1(C)CNCCO1.Cl. The third-order valence-corrected chi connectivity index (χ3v) is 1.56. The molecule has 0 aliphatic carbocycles. The van der Waals surface area contributed by atoms with Crippen molar-refractivity contribution in [1.29, 1.82) is 0 Å². The Hall–Kier alpha value is 0.170. The number of rotatable bonds is 1. The molecule has 10 heavy (non-hydrogen) atoms. The van der Waals surface area contributed by atoms with Crippen molar-refractivity contribution in [2.75, 3.05) is 26.8 Å². The Bertz CT molecular complexity index is 93.7. The van der Waals surface area contributed by atoms with Crippen LogP contribution in [-0.4, -0.2) is 32.6 Å². The van der Waals surface area contributed by atoms with Crippen molar-refractivity contribution >= 4 is 12.4 Å². The summed E-state index contributed by atoms with van der Waals surface area (Å²) in [6, 6.07) is 0. The highest BCUT2D eigenvalue weighted by atomic mass is 35.5. The van der Waals surface area contributed by atoms with Crippen molar-refractivity contribution in [1.82, 2.24) is 5.32 Å². The topological polar surface area (TPSA) is 30.5 Å². The van der Waals surface area contributed by atoms with Crippen LogP contribution in [0.4, 0.5) is 0 Å². The summed E-state index contributed by atoms with van der Waals surface area (Å²) in [7, 11) is 1.66. The molecule has 0 bridgehead atoms. The van der Waals surface area contributed by atoms with E-state index in [9.17, 15) is 0 Å². The summed E-state index contributed by atoms with van der Waals surface area (Å²) in [6.07, 6.45) is 0. The summed E-state index contributed by atoms with van der Waals surface area (Å²) in [5, 5.41) is 3.18. The van der Waals surface area contributed by atoms with Crippen molar-refractivity contribution in [3.05, 3.63) is 0 Å². The lowest BCUT2D eigenvalue weighted by Crippen LogP contribution is -2.48. The van der Waals surface area contributed by atoms with Crippen LogP contribution < -0.4 is 5.32 Å². The lowest BCUT2D eigenvalue weighted by Gasteiger charge is -2.32. The Labute approximate surface area is 67.5 Å². The van der Waals surface area contributed by atoms with Gasteiger partial charge < -0.3 is 14.8 Å². The minimum Gasteiger partial charge on any atom is -0.352 e. The van der Waals surface area contributed by atoms with Crippen LogP contribution in [0.15, 0.2) is 0 Å². The molecule has 1 atom stereocenters. The molecule has 1 aliphatic rings. The largest absolute Gasteiger partial charge is 0.352 e. The van der Waals surface area contributed by atoms with Gasteiger partial charge in [-0.15, -0.1) is 12.4 Å². The maximum absolute atomic E-state index is 5.33. The van der Waals surface area contributed by atoms with Gasteiger partial charge >= 0.3 is 0 Å². The first-order valence-electron chi connectivity index (χ1n) is 3.17. The number of halogens is 1. The highest BCUT2D eigenvalue weighted by molar-refractivity contribution is 5.85. The molecule has 0 saturated carbocycles. The number of hydrogen-bond acceptors (Lipinski definition) is 3. The monoisotopic (exact) mass is 167 g/mol. The van der Waals surface area contributed by atoms with Crippen molar-refractivity contribution < 1.29 is 9.47 Å². The number of methoxy groups -OCH3 is 1. The van der Waals surface area contributed by atoms with E-state index in [2.05, 4.69) is 5.32 Å². The minimum absolute atomic E-state index is 0. The number of morpholine rings is 1. The van der Waals surface area contributed by atoms with Crippen LogP contribution in [0, 0.1) is 0 Å². The first kappa shape index (κ1) is 10.2. The minimum atomic E-state index is -0.391. The van der Waals surface area contributed by atoms with Crippen LogP contribution in [-0.2, 0) is 9.47 Å². The van der Waals surface area contributed by atoms with E-state index >= 15 is 0 Å². The van der Waals surface area contributed by atoms with Crippen molar-refractivity contribution in [3.8, 4) is 0 Å². The molecule has 1 unspecified atom stereocenters. The first-order valence-corrected chi connectivity index (χ1v) is 3.17. The molecular weight excluding hydrogens is 154 g/mol. The van der Waals surface area contributed by atoms with Gasteiger partial charge in [0.15, 0.2) is 5.79 Å². The summed E-state index contributed by atoms with van der Waals surface area (Å²) in [4.78, 5) is 0. The average molecular weight is 168 g/mol. The van der Waals surface area contributed by atoms with E-state index in [0.717, 1.165) is 19.7 Å². The Balaban J connectivity index is 0.000000810. The van der Waals surface area contributed by atoms with Crippen molar-refractivity contribution in [2.24, 2.45) is 0 Å². The second kappa shape index (κ2) is 4.13. The molecule has 62 valence electrons. The van der Waals surface area contributed by atoms with Crippen LogP contribution >= 0.6 is 12.4 Å². The molecule has 4 heteroatoms. The van der Waals surface area contributed by atoms with Gasteiger partial charge in [-0.3, -0.25) is 0 Å². The van der Waals surface area contributed by atoms with E-state index in [0.29, 0.717) is 0 Å². The van der Waals surface area contributed by atoms with E-state index in [1.807, 2.05) is 6.92 Å². The molecule has 0 aromatic carbocycles. The predicted octanol–water partition coefficient (Wildman–Crippen LogP) is 0.391. The van der Waals surface area contributed by atoms with Gasteiger partial charge in [-0.2, -0.15) is 0 Å². The fraction of sp³-hybridized carbons (Fsp3) is 1.00. The van der Waals surface area contributed by atoms with Gasteiger partial charge in [0.1, 0.15) is 0 Å². The maximum atomic E-state index is 5.33. The number of nitrogens with one attached hydrogen (secondary N) is 1. The second-order valence-corrected chi connectivity index (χ2v) is 2.36. The van der Waals surface area contributed by atoms with E-state index in [-0.39, 0.29) is 12.4 Å². The molecule has 0 spiro atoms. The molecule has 1 N–H and O–H groups in total.